The number of aryl methyl sites for hydroxylation is 3. The molecule has 0 saturated carbocycles. The highest BCUT2D eigenvalue weighted by atomic mass is 16.5. The zero-order chi connectivity index (χ0) is 25.4. The highest BCUT2D eigenvalue weighted by Crippen LogP contribution is 2.33. The molecule has 0 radical (unpaired) electrons. The number of carbonyl (C=O) groups is 3. The van der Waals surface area contributed by atoms with Gasteiger partial charge in [0, 0.05) is 29.9 Å². The topological polar surface area (TPSA) is 80.6 Å². The number of urea groups is 1. The highest BCUT2D eigenvalue weighted by Gasteiger charge is 2.52. The first-order valence-electron chi connectivity index (χ1n) is 12.3. The third-order valence-electron chi connectivity index (χ3n) is 7.64. The summed E-state index contributed by atoms with van der Waals surface area (Å²) in [5.74, 6) is 0.291. The molecule has 1 spiro atoms. The van der Waals surface area contributed by atoms with Crippen molar-refractivity contribution in [1.82, 2.24) is 14.8 Å². The number of fused-ring (bicyclic) bond motifs is 1. The van der Waals surface area contributed by atoms with Crippen LogP contribution in [0.4, 0.5) is 4.79 Å². The lowest BCUT2D eigenvalue weighted by molar-refractivity contribution is -0.131. The van der Waals surface area contributed by atoms with Gasteiger partial charge in [0.15, 0.2) is 5.78 Å². The molecule has 1 saturated heterocycles. The fraction of sp³-hybridized carbons (Fsp3) is 0.345. The maximum atomic E-state index is 13.4. The molecule has 7 nitrogen and oxygen atoms in total. The van der Waals surface area contributed by atoms with Gasteiger partial charge < -0.3 is 14.6 Å². The largest absolute Gasteiger partial charge is 0.497 e. The van der Waals surface area contributed by atoms with E-state index in [0.29, 0.717) is 18.4 Å². The molecule has 5 rings (SSSR count). The first-order valence-corrected chi connectivity index (χ1v) is 12.3. The van der Waals surface area contributed by atoms with Crippen LogP contribution in [0.5, 0.6) is 5.75 Å². The van der Waals surface area contributed by atoms with E-state index in [1.165, 1.54) is 11.1 Å². The summed E-state index contributed by atoms with van der Waals surface area (Å²) in [5.41, 5.74) is 4.88. The van der Waals surface area contributed by atoms with Crippen molar-refractivity contribution in [3.8, 4) is 5.75 Å². The third-order valence-corrected chi connectivity index (χ3v) is 7.64. The number of imide groups is 1. The molecule has 1 aliphatic carbocycles. The molecule has 3 amide bonds. The number of methoxy groups -OCH3 is 1. The predicted molar refractivity (Wildman–Crippen MR) is 136 cm³/mol. The van der Waals surface area contributed by atoms with E-state index in [0.717, 1.165) is 47.0 Å². The maximum Gasteiger partial charge on any atom is 0.325 e. The smallest absolute Gasteiger partial charge is 0.325 e. The molecular weight excluding hydrogens is 454 g/mol. The van der Waals surface area contributed by atoms with Crippen molar-refractivity contribution in [2.24, 2.45) is 0 Å². The van der Waals surface area contributed by atoms with E-state index in [2.05, 4.69) is 16.0 Å². The number of hydrogen-bond acceptors (Lipinski definition) is 4. The van der Waals surface area contributed by atoms with Gasteiger partial charge in [-0.3, -0.25) is 14.5 Å². The minimum Gasteiger partial charge on any atom is -0.497 e. The van der Waals surface area contributed by atoms with E-state index < -0.39 is 11.6 Å². The Hall–Kier alpha value is -3.87. The summed E-state index contributed by atoms with van der Waals surface area (Å²) in [6, 6.07) is 17.3. The Kier molecular flexibility index (Phi) is 6.16. The number of aromatic nitrogens is 1. The van der Waals surface area contributed by atoms with Gasteiger partial charge in [-0.25, -0.2) is 4.79 Å². The Morgan fingerprint density at radius 1 is 1.06 bits per heavy atom. The molecule has 2 heterocycles. The molecule has 36 heavy (non-hydrogen) atoms. The second-order valence-electron chi connectivity index (χ2n) is 9.81. The predicted octanol–water partition coefficient (Wildman–Crippen LogP) is 4.02. The number of nitrogens with zero attached hydrogens (tertiary/aromatic N) is 2. The number of carbonyl (C=O) groups excluding carboxylic acids is 3. The summed E-state index contributed by atoms with van der Waals surface area (Å²) in [7, 11) is 1.65. The highest BCUT2D eigenvalue weighted by molar-refractivity contribution is 6.11. The van der Waals surface area contributed by atoms with Crippen LogP contribution in [-0.4, -0.2) is 46.4 Å². The molecule has 7 heteroatoms. The van der Waals surface area contributed by atoms with Crippen molar-refractivity contribution in [3.63, 3.8) is 0 Å². The van der Waals surface area contributed by atoms with E-state index >= 15 is 0 Å². The number of nitrogens with one attached hydrogen (secondary N) is 1. The second-order valence-corrected chi connectivity index (χ2v) is 9.81. The van der Waals surface area contributed by atoms with E-state index in [9.17, 15) is 14.4 Å². The Morgan fingerprint density at radius 3 is 2.50 bits per heavy atom. The van der Waals surface area contributed by atoms with Gasteiger partial charge >= 0.3 is 6.03 Å². The minimum atomic E-state index is -0.957. The number of amides is 3. The lowest BCUT2D eigenvalue weighted by Gasteiger charge is -2.32. The molecule has 2 aromatic carbocycles. The molecular formula is C29H31N3O4. The molecule has 186 valence electrons. The summed E-state index contributed by atoms with van der Waals surface area (Å²) in [6.45, 7) is 4.36. The van der Waals surface area contributed by atoms with Crippen molar-refractivity contribution in [1.29, 1.82) is 0 Å². The number of benzene rings is 2. The molecule has 2 aliphatic rings. The van der Waals surface area contributed by atoms with Crippen molar-refractivity contribution in [2.75, 3.05) is 13.7 Å². The van der Waals surface area contributed by atoms with Crippen molar-refractivity contribution >= 4 is 17.7 Å². The number of ether oxygens (including phenoxy) is 1. The van der Waals surface area contributed by atoms with Crippen LogP contribution in [0.3, 0.4) is 0 Å². The summed E-state index contributed by atoms with van der Waals surface area (Å²) in [6.07, 6.45) is 2.53. The number of hydrogen-bond donors (Lipinski definition) is 1. The molecule has 1 N–H and O–H groups in total. The monoisotopic (exact) mass is 485 g/mol. The van der Waals surface area contributed by atoms with Crippen LogP contribution < -0.4 is 10.1 Å². The quantitative estimate of drug-likeness (QED) is 0.405. The van der Waals surface area contributed by atoms with Gasteiger partial charge in [0.05, 0.1) is 13.7 Å². The Morgan fingerprint density at radius 2 is 1.78 bits per heavy atom. The van der Waals surface area contributed by atoms with Gasteiger partial charge in [-0.2, -0.15) is 0 Å². The van der Waals surface area contributed by atoms with Crippen molar-refractivity contribution in [3.05, 3.63) is 88.2 Å². The third kappa shape index (κ3) is 4.19. The van der Waals surface area contributed by atoms with Crippen LogP contribution in [0.2, 0.25) is 0 Å². The molecule has 1 aliphatic heterocycles. The van der Waals surface area contributed by atoms with Crippen molar-refractivity contribution < 1.29 is 19.1 Å². The van der Waals surface area contributed by atoms with Gasteiger partial charge in [-0.15, -0.1) is 0 Å². The average Bonchev–Trinajstić information content (AvgIpc) is 3.29. The molecule has 3 aromatic rings. The normalized spacial score (nSPS) is 18.9. The van der Waals surface area contributed by atoms with E-state index in [1.807, 2.05) is 62.4 Å². The number of Topliss-reactive ketones (excluding diaryl/α,β-unsaturated/α-hetero) is 1. The molecule has 1 aromatic heterocycles. The van der Waals surface area contributed by atoms with Crippen LogP contribution in [0.15, 0.2) is 54.6 Å². The first-order chi connectivity index (χ1) is 17.3. The van der Waals surface area contributed by atoms with Gasteiger partial charge in [0.1, 0.15) is 11.3 Å². The number of rotatable bonds is 7. The van der Waals surface area contributed by atoms with Crippen molar-refractivity contribution in [2.45, 2.75) is 51.6 Å². The van der Waals surface area contributed by atoms with E-state index in [1.54, 1.807) is 7.11 Å². The first kappa shape index (κ1) is 23.9. The zero-order valence-corrected chi connectivity index (χ0v) is 21.0. The van der Waals surface area contributed by atoms with Gasteiger partial charge in [-0.1, -0.05) is 36.4 Å². The standard InChI is InChI=1S/C29H31N3O4/c1-19-16-25(20(2)31(19)15-13-21-8-10-24(36-3)11-9-21)26(33)18-32-27(34)29(30-28(32)35)14-12-22-6-4-5-7-23(22)17-29/h4-11,16H,12-15,17-18H2,1-3H3,(H,30,35). The Bertz CT molecular complexity index is 1340. The van der Waals surface area contributed by atoms with Gasteiger partial charge in [0.2, 0.25) is 0 Å². The Labute approximate surface area is 211 Å². The molecule has 1 unspecified atom stereocenters. The number of ketones is 1. The van der Waals surface area contributed by atoms with Gasteiger partial charge in [-0.05, 0) is 68.0 Å². The van der Waals surface area contributed by atoms with E-state index in [4.69, 9.17) is 4.74 Å². The fourth-order valence-corrected chi connectivity index (χ4v) is 5.53. The average molecular weight is 486 g/mol. The minimum absolute atomic E-state index is 0.226. The van der Waals surface area contributed by atoms with Crippen LogP contribution in [0.1, 0.15) is 44.9 Å². The van der Waals surface area contributed by atoms with Crippen LogP contribution in [0, 0.1) is 13.8 Å². The lowest BCUT2D eigenvalue weighted by Crippen LogP contribution is -2.51. The second kappa shape index (κ2) is 9.30. The summed E-state index contributed by atoms with van der Waals surface area (Å²) >= 11 is 0. The fourth-order valence-electron chi connectivity index (χ4n) is 5.53. The summed E-state index contributed by atoms with van der Waals surface area (Å²) in [4.78, 5) is 40.6. The molecule has 1 fully saturated rings. The molecule has 1 atom stereocenters. The van der Waals surface area contributed by atoms with Crippen LogP contribution in [-0.2, 0) is 30.6 Å². The summed E-state index contributed by atoms with van der Waals surface area (Å²) < 4.78 is 7.34. The zero-order valence-electron chi connectivity index (χ0n) is 21.0. The van der Waals surface area contributed by atoms with E-state index in [-0.39, 0.29) is 18.2 Å². The Balaban J connectivity index is 1.29. The maximum absolute atomic E-state index is 13.4. The lowest BCUT2D eigenvalue weighted by atomic mass is 9.78. The van der Waals surface area contributed by atoms with Crippen LogP contribution in [0.25, 0.3) is 0 Å². The summed E-state index contributed by atoms with van der Waals surface area (Å²) in [5, 5.41) is 2.92. The molecule has 0 bridgehead atoms. The van der Waals surface area contributed by atoms with Gasteiger partial charge in [0.25, 0.3) is 5.91 Å². The van der Waals surface area contributed by atoms with Crippen LogP contribution >= 0.6 is 0 Å². The SMILES string of the molecule is COc1ccc(CCn2c(C)cc(C(=O)CN3C(=O)NC4(CCc5ccccc5C4)C3=O)c2C)cc1.